The van der Waals surface area contributed by atoms with E-state index in [2.05, 4.69) is 58.0 Å². The zero-order valence-electron chi connectivity index (χ0n) is 19.8. The minimum Gasteiger partial charge on any atom is -0.332 e. The smallest absolute Gasteiger partial charge is 0.250 e. The van der Waals surface area contributed by atoms with Crippen LogP contribution in [-0.4, -0.2) is 31.2 Å². The van der Waals surface area contributed by atoms with Crippen molar-refractivity contribution in [2.75, 3.05) is 31.5 Å². The molecule has 0 saturated carbocycles. The zero-order valence-corrected chi connectivity index (χ0v) is 20.5. The second-order valence-corrected chi connectivity index (χ2v) is 9.85. The van der Waals surface area contributed by atoms with Crippen molar-refractivity contribution in [3.63, 3.8) is 0 Å². The molecule has 1 fully saturated rings. The minimum absolute atomic E-state index is 0.698. The highest BCUT2D eigenvalue weighted by molar-refractivity contribution is 6.30. The van der Waals surface area contributed by atoms with Gasteiger partial charge in [0.2, 0.25) is 11.5 Å². The highest BCUT2D eigenvalue weighted by atomic mass is 35.5. The summed E-state index contributed by atoms with van der Waals surface area (Å²) in [5.74, 6) is 1.08. The first-order valence-corrected chi connectivity index (χ1v) is 12.7. The molecule has 0 aliphatic carbocycles. The van der Waals surface area contributed by atoms with Gasteiger partial charge in [-0.05, 0) is 68.0 Å². The van der Waals surface area contributed by atoms with Gasteiger partial charge in [-0.3, -0.25) is 10.3 Å². The molecule has 1 aliphatic rings. The SMILES string of the molecule is Cc1c(Cc2ccc(Cl)cc2)c(NCC[NH+]2CCCCCC2)[n+]2c([nH]c3ccccc32)c1C#N. The van der Waals surface area contributed by atoms with Crippen molar-refractivity contribution in [1.82, 2.24) is 4.98 Å². The van der Waals surface area contributed by atoms with E-state index in [1.165, 1.54) is 44.3 Å². The molecule has 4 aromatic rings. The van der Waals surface area contributed by atoms with Crippen molar-refractivity contribution < 1.29 is 9.30 Å². The summed E-state index contributed by atoms with van der Waals surface area (Å²) >= 11 is 6.14. The Kier molecular flexibility index (Phi) is 6.71. The van der Waals surface area contributed by atoms with E-state index in [4.69, 9.17) is 11.6 Å². The van der Waals surface area contributed by atoms with E-state index >= 15 is 0 Å². The monoisotopic (exact) mass is 473 g/mol. The van der Waals surface area contributed by atoms with Crippen LogP contribution >= 0.6 is 11.6 Å². The number of anilines is 1. The maximum Gasteiger partial charge on any atom is 0.250 e. The number of aromatic nitrogens is 2. The lowest BCUT2D eigenvalue weighted by molar-refractivity contribution is -0.897. The molecule has 6 heteroatoms. The Morgan fingerprint density at radius 2 is 1.79 bits per heavy atom. The quantitative estimate of drug-likeness (QED) is 0.367. The molecule has 0 radical (unpaired) electrons. The predicted molar refractivity (Wildman–Crippen MR) is 138 cm³/mol. The number of nitriles is 1. The molecule has 1 saturated heterocycles. The summed E-state index contributed by atoms with van der Waals surface area (Å²) in [7, 11) is 0. The molecule has 1 aliphatic heterocycles. The van der Waals surface area contributed by atoms with Gasteiger partial charge in [0.15, 0.2) is 0 Å². The van der Waals surface area contributed by atoms with Crippen LogP contribution in [0.15, 0.2) is 48.5 Å². The van der Waals surface area contributed by atoms with E-state index in [1.54, 1.807) is 4.90 Å². The van der Waals surface area contributed by atoms with Gasteiger partial charge in [-0.25, -0.2) is 0 Å². The van der Waals surface area contributed by atoms with Crippen LogP contribution in [0.25, 0.3) is 16.7 Å². The lowest BCUT2D eigenvalue weighted by Gasteiger charge is -2.18. The standard InChI is InChI=1S/C28H30ClN5/c1-20-23(18-21-10-12-22(29)13-11-21)27(31-14-17-33-15-6-2-3-7-16-33)34-26-9-5-4-8-25(26)32-28(34)24(20)19-30/h4-5,8-13H,2-3,6-7,14-18H2,1H3,(H,31,32)/p+2. The molecule has 34 heavy (non-hydrogen) atoms. The Morgan fingerprint density at radius 1 is 1.06 bits per heavy atom. The third-order valence-electron chi connectivity index (χ3n) is 7.18. The lowest BCUT2D eigenvalue weighted by Crippen LogP contribution is -3.12. The van der Waals surface area contributed by atoms with Crippen LogP contribution in [0.3, 0.4) is 0 Å². The molecule has 2 aromatic carbocycles. The van der Waals surface area contributed by atoms with E-state index in [0.29, 0.717) is 5.56 Å². The molecule has 0 bridgehead atoms. The summed E-state index contributed by atoms with van der Waals surface area (Å²) in [6, 6.07) is 18.8. The maximum absolute atomic E-state index is 10.1. The summed E-state index contributed by atoms with van der Waals surface area (Å²) in [6.45, 7) is 6.60. The van der Waals surface area contributed by atoms with Crippen molar-refractivity contribution in [2.45, 2.75) is 39.0 Å². The fourth-order valence-corrected chi connectivity index (χ4v) is 5.43. The van der Waals surface area contributed by atoms with Crippen LogP contribution in [0, 0.1) is 18.3 Å². The molecule has 0 spiro atoms. The Bertz CT molecular complexity index is 1340. The van der Waals surface area contributed by atoms with Gasteiger partial charge >= 0.3 is 0 Å². The number of aromatic amines is 1. The first kappa shape index (κ1) is 22.7. The first-order valence-electron chi connectivity index (χ1n) is 12.4. The Balaban J connectivity index is 1.60. The third-order valence-corrected chi connectivity index (χ3v) is 7.44. The van der Waals surface area contributed by atoms with E-state index in [-0.39, 0.29) is 0 Å². The second kappa shape index (κ2) is 10.0. The number of fused-ring (bicyclic) bond motifs is 3. The molecule has 0 atom stereocenters. The average Bonchev–Trinajstić information content (AvgIpc) is 3.03. The van der Waals surface area contributed by atoms with Crippen LogP contribution in [0.4, 0.5) is 5.82 Å². The van der Waals surface area contributed by atoms with E-state index < -0.39 is 0 Å². The summed E-state index contributed by atoms with van der Waals surface area (Å²) in [6.07, 6.45) is 6.12. The van der Waals surface area contributed by atoms with Crippen molar-refractivity contribution in [2.24, 2.45) is 0 Å². The van der Waals surface area contributed by atoms with Gasteiger partial charge in [-0.2, -0.15) is 9.66 Å². The summed E-state index contributed by atoms with van der Waals surface area (Å²) in [5.41, 5.74) is 7.02. The summed E-state index contributed by atoms with van der Waals surface area (Å²) < 4.78 is 2.21. The van der Waals surface area contributed by atoms with Crippen LogP contribution in [-0.2, 0) is 6.42 Å². The molecular formula is C28H32ClN5+2. The highest BCUT2D eigenvalue weighted by Gasteiger charge is 2.26. The molecule has 2 aromatic heterocycles. The number of hydrogen-bond acceptors (Lipinski definition) is 2. The van der Waals surface area contributed by atoms with Gasteiger partial charge in [-0.1, -0.05) is 35.9 Å². The lowest BCUT2D eigenvalue weighted by atomic mass is 9.97. The number of imidazole rings is 1. The highest BCUT2D eigenvalue weighted by Crippen LogP contribution is 2.27. The number of halogens is 1. The fraction of sp³-hybridized carbons (Fsp3) is 0.357. The Labute approximate surface area is 206 Å². The van der Waals surface area contributed by atoms with Gasteiger partial charge in [0, 0.05) is 17.0 Å². The zero-order chi connectivity index (χ0) is 23.5. The van der Waals surface area contributed by atoms with E-state index in [1.807, 2.05) is 18.2 Å². The van der Waals surface area contributed by atoms with E-state index in [9.17, 15) is 5.26 Å². The number of pyridine rings is 1. The molecule has 5 rings (SSSR count). The van der Waals surface area contributed by atoms with E-state index in [0.717, 1.165) is 58.2 Å². The minimum atomic E-state index is 0.698. The number of likely N-dealkylation sites (tertiary alicyclic amines) is 1. The van der Waals surface area contributed by atoms with Crippen LogP contribution in [0.2, 0.25) is 5.02 Å². The average molecular weight is 474 g/mol. The first-order chi connectivity index (χ1) is 16.7. The van der Waals surface area contributed by atoms with Crippen LogP contribution < -0.4 is 14.6 Å². The number of para-hydroxylation sites is 2. The molecule has 3 N–H and O–H groups in total. The number of hydrogen-bond donors (Lipinski definition) is 3. The van der Waals surface area contributed by atoms with Crippen LogP contribution in [0.1, 0.15) is 47.9 Å². The molecule has 5 nitrogen and oxygen atoms in total. The van der Waals surface area contributed by atoms with Gasteiger partial charge in [0.05, 0.1) is 13.1 Å². The number of rotatable bonds is 6. The largest absolute Gasteiger partial charge is 0.332 e. The Morgan fingerprint density at radius 3 is 2.53 bits per heavy atom. The normalized spacial score (nSPS) is 14.9. The van der Waals surface area contributed by atoms with Crippen molar-refractivity contribution in [3.05, 3.63) is 75.8 Å². The molecule has 0 amide bonds. The number of quaternary nitrogens is 1. The van der Waals surface area contributed by atoms with Crippen molar-refractivity contribution in [3.8, 4) is 6.07 Å². The van der Waals surface area contributed by atoms with Crippen molar-refractivity contribution >= 4 is 34.1 Å². The third kappa shape index (κ3) is 4.49. The molecule has 174 valence electrons. The number of H-pyrrole nitrogens is 1. The fourth-order valence-electron chi connectivity index (χ4n) is 5.31. The number of nitrogens with one attached hydrogen (secondary N) is 3. The van der Waals surface area contributed by atoms with Gasteiger partial charge in [0.25, 0.3) is 0 Å². The maximum atomic E-state index is 10.1. The predicted octanol–water partition coefficient (Wildman–Crippen LogP) is 4.20. The number of benzene rings is 2. The van der Waals surface area contributed by atoms with Crippen LogP contribution in [0.5, 0.6) is 0 Å². The molecular weight excluding hydrogens is 442 g/mol. The second-order valence-electron chi connectivity index (χ2n) is 9.41. The van der Waals surface area contributed by atoms with Gasteiger partial charge in [-0.15, -0.1) is 0 Å². The van der Waals surface area contributed by atoms with Gasteiger partial charge in [0.1, 0.15) is 35.8 Å². The topological polar surface area (TPSA) is 60.1 Å². The van der Waals surface area contributed by atoms with Crippen molar-refractivity contribution in [1.29, 1.82) is 5.26 Å². The molecule has 0 unspecified atom stereocenters. The Hall–Kier alpha value is -3.07. The summed E-state index contributed by atoms with van der Waals surface area (Å²) in [4.78, 5) is 5.19. The number of nitrogens with zero attached hydrogens (tertiary/aromatic N) is 2. The van der Waals surface area contributed by atoms with Gasteiger partial charge < -0.3 is 4.90 Å². The summed E-state index contributed by atoms with van der Waals surface area (Å²) in [5, 5.41) is 14.7. The molecule has 3 heterocycles.